The van der Waals surface area contributed by atoms with Crippen LogP contribution in [0.25, 0.3) is 0 Å². The van der Waals surface area contributed by atoms with Crippen LogP contribution in [0.3, 0.4) is 0 Å². The molecule has 1 saturated carbocycles. The molecule has 2 aromatic rings. The van der Waals surface area contributed by atoms with Crippen molar-refractivity contribution in [1.29, 1.82) is 0 Å². The second-order valence-electron chi connectivity index (χ2n) is 7.28. The standard InChI is InChI=1S/C20H24N4O3/c1-23-12-17(21-13-23)20(26)24-8-9-27-18-6-2-14(10-15(18)11-24)3-7-19(25)22-16-4-5-16/h2,6,10,12-13,16H,3-5,7-9,11H2,1H3,(H,22,25). The minimum Gasteiger partial charge on any atom is -0.491 e. The van der Waals surface area contributed by atoms with Crippen molar-refractivity contribution < 1.29 is 14.3 Å². The Balaban J connectivity index is 1.44. The number of carbonyl (C=O) groups excluding carboxylic acids is 2. The largest absolute Gasteiger partial charge is 0.491 e. The van der Waals surface area contributed by atoms with Crippen molar-refractivity contribution in [3.63, 3.8) is 0 Å². The van der Waals surface area contributed by atoms with Crippen LogP contribution in [0, 0.1) is 0 Å². The van der Waals surface area contributed by atoms with Crippen LogP contribution >= 0.6 is 0 Å². The first kappa shape index (κ1) is 17.6. The first-order valence-electron chi connectivity index (χ1n) is 9.40. The molecule has 0 bridgehead atoms. The maximum Gasteiger partial charge on any atom is 0.274 e. The molecule has 2 aliphatic rings. The lowest BCUT2D eigenvalue weighted by Crippen LogP contribution is -2.32. The predicted octanol–water partition coefficient (Wildman–Crippen LogP) is 1.67. The van der Waals surface area contributed by atoms with Crippen LogP contribution < -0.4 is 10.1 Å². The molecule has 2 heterocycles. The molecule has 7 nitrogen and oxygen atoms in total. The molecule has 1 N–H and O–H groups in total. The Hall–Kier alpha value is -2.83. The number of aryl methyl sites for hydroxylation is 2. The first-order valence-corrected chi connectivity index (χ1v) is 9.40. The minimum atomic E-state index is -0.0961. The summed E-state index contributed by atoms with van der Waals surface area (Å²) in [6.07, 6.45) is 6.71. The number of benzene rings is 1. The quantitative estimate of drug-likeness (QED) is 0.871. The number of fused-ring (bicyclic) bond motifs is 1. The van der Waals surface area contributed by atoms with E-state index in [1.165, 1.54) is 0 Å². The lowest BCUT2D eigenvalue weighted by atomic mass is 10.0. The number of nitrogens with one attached hydrogen (secondary N) is 1. The van der Waals surface area contributed by atoms with E-state index < -0.39 is 0 Å². The van der Waals surface area contributed by atoms with Gasteiger partial charge in [-0.1, -0.05) is 12.1 Å². The topological polar surface area (TPSA) is 76.5 Å². The summed E-state index contributed by atoms with van der Waals surface area (Å²) in [7, 11) is 1.84. The summed E-state index contributed by atoms with van der Waals surface area (Å²) in [5.41, 5.74) is 2.49. The maximum absolute atomic E-state index is 12.7. The highest BCUT2D eigenvalue weighted by atomic mass is 16.5. The van der Waals surface area contributed by atoms with Gasteiger partial charge in [-0.3, -0.25) is 9.59 Å². The van der Waals surface area contributed by atoms with E-state index in [-0.39, 0.29) is 11.8 Å². The normalized spacial score (nSPS) is 16.3. The summed E-state index contributed by atoms with van der Waals surface area (Å²) in [5.74, 6) is 0.814. The molecule has 7 heteroatoms. The molecule has 2 amide bonds. The van der Waals surface area contributed by atoms with Crippen LogP contribution in [0.2, 0.25) is 0 Å². The molecular weight excluding hydrogens is 344 g/mol. The Morgan fingerprint density at radius 1 is 1.33 bits per heavy atom. The molecule has 0 unspecified atom stereocenters. The lowest BCUT2D eigenvalue weighted by molar-refractivity contribution is -0.121. The van der Waals surface area contributed by atoms with Gasteiger partial charge in [0.1, 0.15) is 18.1 Å². The Morgan fingerprint density at radius 3 is 2.93 bits per heavy atom. The zero-order valence-electron chi connectivity index (χ0n) is 15.5. The Morgan fingerprint density at radius 2 is 2.19 bits per heavy atom. The molecule has 0 radical (unpaired) electrons. The van der Waals surface area contributed by atoms with Gasteiger partial charge in [0.15, 0.2) is 0 Å². The number of imidazole rings is 1. The number of ether oxygens (including phenoxy) is 1. The zero-order valence-corrected chi connectivity index (χ0v) is 15.5. The van der Waals surface area contributed by atoms with Crippen molar-refractivity contribution in [2.45, 2.75) is 38.3 Å². The second-order valence-corrected chi connectivity index (χ2v) is 7.28. The number of rotatable bonds is 5. The van der Waals surface area contributed by atoms with Crippen molar-refractivity contribution in [3.8, 4) is 5.75 Å². The van der Waals surface area contributed by atoms with E-state index in [9.17, 15) is 9.59 Å². The fourth-order valence-corrected chi connectivity index (χ4v) is 3.25. The molecule has 0 atom stereocenters. The number of carbonyl (C=O) groups is 2. The van der Waals surface area contributed by atoms with Gasteiger partial charge in [-0.05, 0) is 30.9 Å². The fourth-order valence-electron chi connectivity index (χ4n) is 3.25. The fraction of sp³-hybridized carbons (Fsp3) is 0.450. The van der Waals surface area contributed by atoms with Crippen LogP contribution in [0.5, 0.6) is 5.75 Å². The van der Waals surface area contributed by atoms with Gasteiger partial charge in [-0.15, -0.1) is 0 Å². The summed E-state index contributed by atoms with van der Waals surface area (Å²) in [6, 6.07) is 6.38. The van der Waals surface area contributed by atoms with Crippen molar-refractivity contribution in [3.05, 3.63) is 47.5 Å². The van der Waals surface area contributed by atoms with Gasteiger partial charge in [-0.25, -0.2) is 4.98 Å². The van der Waals surface area contributed by atoms with Gasteiger partial charge in [0, 0.05) is 37.8 Å². The van der Waals surface area contributed by atoms with Crippen molar-refractivity contribution in [2.24, 2.45) is 7.05 Å². The van der Waals surface area contributed by atoms with Crippen LogP contribution in [0.4, 0.5) is 0 Å². The Labute approximate surface area is 158 Å². The predicted molar refractivity (Wildman–Crippen MR) is 99.4 cm³/mol. The molecule has 27 heavy (non-hydrogen) atoms. The van der Waals surface area contributed by atoms with Gasteiger partial charge in [-0.2, -0.15) is 0 Å². The third-order valence-corrected chi connectivity index (χ3v) is 4.90. The average molecular weight is 368 g/mol. The van der Waals surface area contributed by atoms with Gasteiger partial charge >= 0.3 is 0 Å². The van der Waals surface area contributed by atoms with Gasteiger partial charge in [0.2, 0.25) is 5.91 Å². The van der Waals surface area contributed by atoms with E-state index in [1.807, 2.05) is 25.2 Å². The molecule has 1 aromatic heterocycles. The number of aromatic nitrogens is 2. The summed E-state index contributed by atoms with van der Waals surface area (Å²) < 4.78 is 7.58. The highest BCUT2D eigenvalue weighted by molar-refractivity contribution is 5.92. The highest BCUT2D eigenvalue weighted by Crippen LogP contribution is 2.26. The van der Waals surface area contributed by atoms with E-state index in [2.05, 4.69) is 10.3 Å². The molecule has 142 valence electrons. The Kier molecular flexibility index (Phi) is 4.83. The molecule has 1 aliphatic heterocycles. The van der Waals surface area contributed by atoms with Crippen LogP contribution in [0.1, 0.15) is 40.9 Å². The van der Waals surface area contributed by atoms with E-state index in [4.69, 9.17) is 4.74 Å². The number of nitrogens with zero attached hydrogens (tertiary/aromatic N) is 3. The maximum atomic E-state index is 12.7. The summed E-state index contributed by atoms with van der Waals surface area (Å²) in [4.78, 5) is 30.6. The smallest absolute Gasteiger partial charge is 0.274 e. The van der Waals surface area contributed by atoms with Crippen molar-refractivity contribution in [2.75, 3.05) is 13.2 Å². The van der Waals surface area contributed by atoms with E-state index >= 15 is 0 Å². The van der Waals surface area contributed by atoms with Crippen LogP contribution in [0.15, 0.2) is 30.7 Å². The van der Waals surface area contributed by atoms with Crippen LogP contribution in [-0.2, 0) is 24.8 Å². The molecular formula is C20H24N4O3. The van der Waals surface area contributed by atoms with Gasteiger partial charge in [0.25, 0.3) is 5.91 Å². The number of hydrogen-bond donors (Lipinski definition) is 1. The average Bonchev–Trinajstić information content (AvgIpc) is 3.40. The lowest BCUT2D eigenvalue weighted by Gasteiger charge is -2.18. The van der Waals surface area contributed by atoms with Gasteiger partial charge < -0.3 is 19.5 Å². The van der Waals surface area contributed by atoms with E-state index in [1.54, 1.807) is 22.0 Å². The molecule has 0 saturated heterocycles. The van der Waals surface area contributed by atoms with Crippen LogP contribution in [-0.4, -0.2) is 45.5 Å². The third-order valence-electron chi connectivity index (χ3n) is 4.90. The Bertz CT molecular complexity index is 857. The SMILES string of the molecule is Cn1cnc(C(=O)N2CCOc3ccc(CCC(=O)NC4CC4)cc3C2)c1. The van der Waals surface area contributed by atoms with E-state index in [0.29, 0.717) is 44.3 Å². The first-order chi connectivity index (χ1) is 13.1. The van der Waals surface area contributed by atoms with Gasteiger partial charge in [0.05, 0.1) is 12.9 Å². The zero-order chi connectivity index (χ0) is 18.8. The molecule has 1 fully saturated rings. The third kappa shape index (κ3) is 4.30. The van der Waals surface area contributed by atoms with Crippen molar-refractivity contribution >= 4 is 11.8 Å². The summed E-state index contributed by atoms with van der Waals surface area (Å²) in [5, 5.41) is 3.01. The molecule has 0 spiro atoms. The molecule has 1 aromatic carbocycles. The molecule has 4 rings (SSSR count). The van der Waals surface area contributed by atoms with E-state index in [0.717, 1.165) is 29.7 Å². The molecule has 1 aliphatic carbocycles. The minimum absolute atomic E-state index is 0.0961. The number of amides is 2. The van der Waals surface area contributed by atoms with Crippen molar-refractivity contribution in [1.82, 2.24) is 19.8 Å². The number of hydrogen-bond acceptors (Lipinski definition) is 4. The summed E-state index contributed by atoms with van der Waals surface area (Å²) in [6.45, 7) is 1.45. The monoisotopic (exact) mass is 368 g/mol. The highest BCUT2D eigenvalue weighted by Gasteiger charge is 2.24. The summed E-state index contributed by atoms with van der Waals surface area (Å²) >= 11 is 0. The second kappa shape index (κ2) is 7.42.